The number of hydrogen-bond donors (Lipinski definition) is 2. The Hall–Kier alpha value is -2.48. The Balaban J connectivity index is 2.83. The minimum absolute atomic E-state index is 0.330. The molecule has 1 aromatic heterocycles. The number of aromatic nitrogens is 1. The van der Waals surface area contributed by atoms with E-state index in [0.29, 0.717) is 28.3 Å². The van der Waals surface area contributed by atoms with Crippen LogP contribution < -0.4 is 16.2 Å². The Morgan fingerprint density at radius 3 is 2.75 bits per heavy atom. The molecule has 0 aliphatic rings. The first-order valence-electron chi connectivity index (χ1n) is 4.60. The van der Waals surface area contributed by atoms with Crippen molar-refractivity contribution in [1.82, 2.24) is 4.98 Å². The average molecular weight is 214 g/mol. The molecule has 5 heteroatoms. The van der Waals surface area contributed by atoms with Crippen LogP contribution in [0.2, 0.25) is 0 Å². The summed E-state index contributed by atoms with van der Waals surface area (Å²) in [5.41, 5.74) is 13.4. The summed E-state index contributed by atoms with van der Waals surface area (Å²) < 4.78 is 5.10. The van der Waals surface area contributed by atoms with E-state index in [1.54, 1.807) is 18.2 Å². The molecule has 0 saturated heterocycles. The van der Waals surface area contributed by atoms with E-state index in [1.807, 2.05) is 6.07 Å². The highest BCUT2D eigenvalue weighted by atomic mass is 16.5. The molecule has 0 saturated carbocycles. The molecule has 5 nitrogen and oxygen atoms in total. The van der Waals surface area contributed by atoms with Gasteiger partial charge in [-0.3, -0.25) is 0 Å². The summed E-state index contributed by atoms with van der Waals surface area (Å²) >= 11 is 0. The normalized spacial score (nSPS) is 10.0. The summed E-state index contributed by atoms with van der Waals surface area (Å²) in [7, 11) is 1.50. The maximum Gasteiger partial charge on any atom is 0.165 e. The second-order valence-corrected chi connectivity index (χ2v) is 3.29. The van der Waals surface area contributed by atoms with Gasteiger partial charge in [0.15, 0.2) is 5.75 Å². The Morgan fingerprint density at radius 1 is 1.38 bits per heavy atom. The first-order valence-corrected chi connectivity index (χ1v) is 4.60. The number of nitrogens with two attached hydrogens (primary N) is 2. The third-order valence-corrected chi connectivity index (χ3v) is 2.33. The van der Waals surface area contributed by atoms with Gasteiger partial charge in [0.05, 0.1) is 24.0 Å². The molecule has 0 aliphatic carbocycles. The molecule has 4 N–H and O–H groups in total. The monoisotopic (exact) mass is 214 g/mol. The summed E-state index contributed by atoms with van der Waals surface area (Å²) in [6, 6.07) is 6.95. The second-order valence-electron chi connectivity index (χ2n) is 3.29. The fourth-order valence-corrected chi connectivity index (χ4v) is 1.59. The van der Waals surface area contributed by atoms with Crippen molar-refractivity contribution in [3.05, 3.63) is 23.9 Å². The maximum atomic E-state index is 8.74. The number of pyridine rings is 1. The lowest BCUT2D eigenvalue weighted by molar-refractivity contribution is 0.419. The highest BCUT2D eigenvalue weighted by molar-refractivity contribution is 5.97. The first kappa shape index (κ1) is 10.1. The van der Waals surface area contributed by atoms with Gasteiger partial charge in [0, 0.05) is 5.39 Å². The summed E-state index contributed by atoms with van der Waals surface area (Å²) in [5, 5.41) is 9.46. The molecule has 1 aromatic carbocycles. The number of methoxy groups -OCH3 is 1. The van der Waals surface area contributed by atoms with Crippen LogP contribution in [-0.4, -0.2) is 12.1 Å². The molecule has 80 valence electrons. The van der Waals surface area contributed by atoms with Crippen LogP contribution >= 0.6 is 0 Å². The summed E-state index contributed by atoms with van der Waals surface area (Å²) in [6.45, 7) is 0. The number of benzene rings is 1. The standard InChI is InChI=1S/C11H10N4O/c1-16-11-8(13)4-9-7(10(11)14)3-2-6(5-12)15-9/h2-4H,13-14H2,1H3. The molecule has 0 spiro atoms. The largest absolute Gasteiger partial charge is 0.492 e. The van der Waals surface area contributed by atoms with Crippen LogP contribution in [-0.2, 0) is 0 Å². The molecule has 2 aromatic rings. The number of anilines is 2. The number of ether oxygens (including phenoxy) is 1. The average Bonchev–Trinajstić information content (AvgIpc) is 2.28. The molecule has 0 fully saturated rings. The molecular weight excluding hydrogens is 204 g/mol. The zero-order valence-corrected chi connectivity index (χ0v) is 8.69. The SMILES string of the molecule is COc1c(N)cc2nc(C#N)ccc2c1N. The lowest BCUT2D eigenvalue weighted by Gasteiger charge is -2.10. The fraction of sp³-hybridized carbons (Fsp3) is 0.0909. The van der Waals surface area contributed by atoms with Gasteiger partial charge in [0.1, 0.15) is 11.8 Å². The zero-order chi connectivity index (χ0) is 11.7. The molecule has 0 aliphatic heterocycles. The molecule has 2 rings (SSSR count). The molecule has 0 unspecified atom stereocenters. The van der Waals surface area contributed by atoms with Gasteiger partial charge in [-0.1, -0.05) is 0 Å². The highest BCUT2D eigenvalue weighted by Gasteiger charge is 2.10. The van der Waals surface area contributed by atoms with Gasteiger partial charge in [0.2, 0.25) is 0 Å². The van der Waals surface area contributed by atoms with Gasteiger partial charge in [-0.05, 0) is 18.2 Å². The van der Waals surface area contributed by atoms with Crippen LogP contribution in [0.1, 0.15) is 5.69 Å². The first-order chi connectivity index (χ1) is 7.67. The number of nitrogens with zero attached hydrogens (tertiary/aromatic N) is 2. The smallest absolute Gasteiger partial charge is 0.165 e. The predicted molar refractivity (Wildman–Crippen MR) is 61.8 cm³/mol. The van der Waals surface area contributed by atoms with Gasteiger partial charge in [-0.25, -0.2) is 4.98 Å². The van der Waals surface area contributed by atoms with E-state index in [-0.39, 0.29) is 0 Å². The van der Waals surface area contributed by atoms with Crippen molar-refractivity contribution in [3.63, 3.8) is 0 Å². The van der Waals surface area contributed by atoms with Crippen LogP contribution in [0.4, 0.5) is 11.4 Å². The van der Waals surface area contributed by atoms with Gasteiger partial charge < -0.3 is 16.2 Å². The number of nitriles is 1. The van der Waals surface area contributed by atoms with E-state index >= 15 is 0 Å². The number of fused-ring (bicyclic) bond motifs is 1. The molecule has 0 bridgehead atoms. The van der Waals surface area contributed by atoms with Crippen molar-refractivity contribution in [2.24, 2.45) is 0 Å². The topological polar surface area (TPSA) is 98.0 Å². The van der Waals surface area contributed by atoms with Gasteiger partial charge in [-0.2, -0.15) is 5.26 Å². The predicted octanol–water partition coefficient (Wildman–Crippen LogP) is 1.28. The lowest BCUT2D eigenvalue weighted by Crippen LogP contribution is -1.99. The van der Waals surface area contributed by atoms with E-state index in [0.717, 1.165) is 5.39 Å². The second kappa shape index (κ2) is 3.59. The molecule has 0 atom stereocenters. The van der Waals surface area contributed by atoms with E-state index in [1.165, 1.54) is 7.11 Å². The molecule has 16 heavy (non-hydrogen) atoms. The Bertz CT molecular complexity index is 601. The van der Waals surface area contributed by atoms with E-state index in [2.05, 4.69) is 4.98 Å². The third-order valence-electron chi connectivity index (χ3n) is 2.33. The number of rotatable bonds is 1. The molecule has 1 heterocycles. The van der Waals surface area contributed by atoms with Crippen LogP contribution in [0.3, 0.4) is 0 Å². The van der Waals surface area contributed by atoms with Crippen molar-refractivity contribution in [2.75, 3.05) is 18.6 Å². The fourth-order valence-electron chi connectivity index (χ4n) is 1.59. The summed E-state index contributed by atoms with van der Waals surface area (Å²) in [6.07, 6.45) is 0. The van der Waals surface area contributed by atoms with Crippen LogP contribution in [0.5, 0.6) is 5.75 Å². The van der Waals surface area contributed by atoms with Crippen molar-refractivity contribution >= 4 is 22.3 Å². The van der Waals surface area contributed by atoms with Gasteiger partial charge in [0.25, 0.3) is 0 Å². The molecular formula is C11H10N4O. The van der Waals surface area contributed by atoms with Crippen LogP contribution in [0, 0.1) is 11.3 Å². The number of hydrogen-bond acceptors (Lipinski definition) is 5. The molecule has 0 radical (unpaired) electrons. The Labute approximate surface area is 92.2 Å². The van der Waals surface area contributed by atoms with Gasteiger partial charge >= 0.3 is 0 Å². The highest BCUT2D eigenvalue weighted by Crippen LogP contribution is 2.35. The molecule has 0 amide bonds. The Morgan fingerprint density at radius 2 is 2.12 bits per heavy atom. The minimum Gasteiger partial charge on any atom is -0.492 e. The maximum absolute atomic E-state index is 8.74. The van der Waals surface area contributed by atoms with Crippen molar-refractivity contribution < 1.29 is 4.74 Å². The van der Waals surface area contributed by atoms with Crippen molar-refractivity contribution in [2.45, 2.75) is 0 Å². The third kappa shape index (κ3) is 1.37. The van der Waals surface area contributed by atoms with Crippen molar-refractivity contribution in [3.8, 4) is 11.8 Å². The van der Waals surface area contributed by atoms with E-state index in [4.69, 9.17) is 21.5 Å². The summed E-state index contributed by atoms with van der Waals surface area (Å²) in [4.78, 5) is 4.11. The lowest BCUT2D eigenvalue weighted by atomic mass is 10.1. The van der Waals surface area contributed by atoms with Crippen molar-refractivity contribution in [1.29, 1.82) is 5.26 Å². The van der Waals surface area contributed by atoms with Crippen LogP contribution in [0.15, 0.2) is 18.2 Å². The van der Waals surface area contributed by atoms with E-state index in [9.17, 15) is 0 Å². The number of nitrogen functional groups attached to an aromatic ring is 2. The minimum atomic E-state index is 0.330. The quantitative estimate of drug-likeness (QED) is 0.697. The van der Waals surface area contributed by atoms with E-state index < -0.39 is 0 Å². The zero-order valence-electron chi connectivity index (χ0n) is 8.69. The van der Waals surface area contributed by atoms with Gasteiger partial charge in [-0.15, -0.1) is 0 Å². The Kier molecular flexibility index (Phi) is 2.25. The van der Waals surface area contributed by atoms with Crippen LogP contribution in [0.25, 0.3) is 10.9 Å². The summed E-state index contributed by atoms with van der Waals surface area (Å²) in [5.74, 6) is 0.444.